The maximum atomic E-state index is 11.0. The van der Waals surface area contributed by atoms with E-state index in [-0.39, 0.29) is 5.69 Å². The largest absolute Gasteiger partial charge is 0.312 e. The highest BCUT2D eigenvalue weighted by Crippen LogP contribution is 2.27. The second-order valence-corrected chi connectivity index (χ2v) is 4.03. The van der Waals surface area contributed by atoms with E-state index in [9.17, 15) is 14.9 Å². The Kier molecular flexibility index (Phi) is 2.97. The van der Waals surface area contributed by atoms with Crippen molar-refractivity contribution in [3.63, 3.8) is 0 Å². The van der Waals surface area contributed by atoms with Crippen molar-refractivity contribution in [2.45, 2.75) is 13.8 Å². The van der Waals surface area contributed by atoms with Gasteiger partial charge in [-0.2, -0.15) is 0 Å². The molecule has 5 nitrogen and oxygen atoms in total. The van der Waals surface area contributed by atoms with Crippen LogP contribution in [-0.2, 0) is 0 Å². The minimum Gasteiger partial charge on any atom is -0.312 e. The molecule has 0 aliphatic carbocycles. The standard InChI is InChI=1S/C13H12N2O3/c1-9-7-11(8-16)10(2)14(9)12-5-3-4-6-13(12)15(17)18/h3-8H,1-2H3. The highest BCUT2D eigenvalue weighted by atomic mass is 16.6. The first kappa shape index (κ1) is 12.0. The zero-order chi connectivity index (χ0) is 13.3. The first-order chi connectivity index (χ1) is 8.56. The van der Waals surface area contributed by atoms with Crippen molar-refractivity contribution in [2.24, 2.45) is 0 Å². The van der Waals surface area contributed by atoms with Crippen LogP contribution in [0.3, 0.4) is 0 Å². The fourth-order valence-electron chi connectivity index (χ4n) is 2.09. The van der Waals surface area contributed by atoms with Crippen LogP contribution in [0.5, 0.6) is 0 Å². The average Bonchev–Trinajstić information content (AvgIpc) is 2.64. The quantitative estimate of drug-likeness (QED) is 0.473. The van der Waals surface area contributed by atoms with Gasteiger partial charge < -0.3 is 4.57 Å². The van der Waals surface area contributed by atoms with Crippen molar-refractivity contribution in [3.05, 3.63) is 57.4 Å². The average molecular weight is 244 g/mol. The van der Waals surface area contributed by atoms with Crippen LogP contribution in [-0.4, -0.2) is 15.8 Å². The predicted molar refractivity (Wildman–Crippen MR) is 67.3 cm³/mol. The van der Waals surface area contributed by atoms with Gasteiger partial charge >= 0.3 is 0 Å². The third kappa shape index (κ3) is 1.79. The molecule has 1 aromatic carbocycles. The highest BCUT2D eigenvalue weighted by molar-refractivity contribution is 5.78. The lowest BCUT2D eigenvalue weighted by Gasteiger charge is -2.09. The van der Waals surface area contributed by atoms with E-state index in [1.54, 1.807) is 35.8 Å². The summed E-state index contributed by atoms with van der Waals surface area (Å²) in [4.78, 5) is 21.5. The van der Waals surface area contributed by atoms with Crippen molar-refractivity contribution < 1.29 is 9.72 Å². The van der Waals surface area contributed by atoms with Crippen LogP contribution < -0.4 is 0 Å². The molecular weight excluding hydrogens is 232 g/mol. The van der Waals surface area contributed by atoms with Crippen LogP contribution in [0.1, 0.15) is 21.7 Å². The summed E-state index contributed by atoms with van der Waals surface area (Å²) in [6, 6.07) is 8.21. The van der Waals surface area contributed by atoms with Crippen LogP contribution in [0.25, 0.3) is 5.69 Å². The number of benzene rings is 1. The van der Waals surface area contributed by atoms with Crippen molar-refractivity contribution >= 4 is 12.0 Å². The summed E-state index contributed by atoms with van der Waals surface area (Å²) in [6.07, 6.45) is 0.758. The second-order valence-electron chi connectivity index (χ2n) is 4.03. The summed E-state index contributed by atoms with van der Waals surface area (Å²) in [5.41, 5.74) is 2.55. The number of hydrogen-bond acceptors (Lipinski definition) is 3. The topological polar surface area (TPSA) is 65.1 Å². The number of nitro groups is 1. The number of aromatic nitrogens is 1. The van der Waals surface area contributed by atoms with E-state index in [0.29, 0.717) is 16.9 Å². The number of rotatable bonds is 3. The first-order valence-corrected chi connectivity index (χ1v) is 5.44. The van der Waals surface area contributed by atoms with Gasteiger partial charge in [0.25, 0.3) is 5.69 Å². The molecule has 2 rings (SSSR count). The van der Waals surface area contributed by atoms with E-state index in [1.165, 1.54) is 6.07 Å². The van der Waals surface area contributed by atoms with Gasteiger partial charge in [-0.1, -0.05) is 12.1 Å². The molecule has 92 valence electrons. The van der Waals surface area contributed by atoms with E-state index in [1.807, 2.05) is 6.92 Å². The Bertz CT molecular complexity index is 629. The molecule has 0 unspecified atom stereocenters. The maximum Gasteiger partial charge on any atom is 0.293 e. The van der Waals surface area contributed by atoms with Crippen molar-refractivity contribution in [2.75, 3.05) is 0 Å². The van der Waals surface area contributed by atoms with Crippen LogP contribution in [0.15, 0.2) is 30.3 Å². The summed E-state index contributed by atoms with van der Waals surface area (Å²) in [5, 5.41) is 11.0. The molecule has 0 atom stereocenters. The summed E-state index contributed by atoms with van der Waals surface area (Å²) in [7, 11) is 0. The SMILES string of the molecule is Cc1cc(C=O)c(C)n1-c1ccccc1[N+](=O)[O-]. The van der Waals surface area contributed by atoms with Crippen LogP contribution in [0.4, 0.5) is 5.69 Å². The Morgan fingerprint density at radius 2 is 1.94 bits per heavy atom. The Hall–Kier alpha value is -2.43. The molecule has 2 aromatic rings. The van der Waals surface area contributed by atoms with Crippen molar-refractivity contribution in [1.29, 1.82) is 0 Å². The number of carbonyl (C=O) groups is 1. The Morgan fingerprint density at radius 1 is 1.28 bits per heavy atom. The Balaban J connectivity index is 2.73. The molecule has 0 saturated carbocycles. The molecule has 0 spiro atoms. The zero-order valence-corrected chi connectivity index (χ0v) is 10.1. The minimum atomic E-state index is -0.422. The van der Waals surface area contributed by atoms with Gasteiger partial charge in [0.2, 0.25) is 0 Å². The summed E-state index contributed by atoms with van der Waals surface area (Å²) in [5.74, 6) is 0. The number of aryl methyl sites for hydroxylation is 1. The number of hydrogen-bond donors (Lipinski definition) is 0. The molecule has 0 bridgehead atoms. The number of para-hydroxylation sites is 2. The van der Waals surface area contributed by atoms with Gasteiger partial charge in [-0.15, -0.1) is 0 Å². The van der Waals surface area contributed by atoms with Gasteiger partial charge in [-0.05, 0) is 26.0 Å². The van der Waals surface area contributed by atoms with E-state index >= 15 is 0 Å². The minimum absolute atomic E-state index is 0.0248. The fourth-order valence-corrected chi connectivity index (χ4v) is 2.09. The summed E-state index contributed by atoms with van der Waals surface area (Å²) >= 11 is 0. The van der Waals surface area contributed by atoms with Crippen LogP contribution in [0, 0.1) is 24.0 Å². The van der Waals surface area contributed by atoms with Gasteiger partial charge in [0, 0.05) is 23.0 Å². The van der Waals surface area contributed by atoms with E-state index in [4.69, 9.17) is 0 Å². The molecular formula is C13H12N2O3. The smallest absolute Gasteiger partial charge is 0.293 e. The molecule has 0 aliphatic rings. The molecule has 0 fully saturated rings. The monoisotopic (exact) mass is 244 g/mol. The van der Waals surface area contributed by atoms with Crippen LogP contribution in [0.2, 0.25) is 0 Å². The lowest BCUT2D eigenvalue weighted by molar-refractivity contribution is -0.384. The Labute approximate surface area is 104 Å². The normalized spacial score (nSPS) is 10.3. The Morgan fingerprint density at radius 3 is 2.50 bits per heavy atom. The number of carbonyl (C=O) groups excluding carboxylic acids is 1. The predicted octanol–water partition coefficient (Wildman–Crippen LogP) is 2.81. The number of nitrogens with zero attached hydrogens (tertiary/aromatic N) is 2. The molecule has 5 heteroatoms. The van der Waals surface area contributed by atoms with Gasteiger partial charge in [0.1, 0.15) is 5.69 Å². The van der Waals surface area contributed by atoms with E-state index in [2.05, 4.69) is 0 Å². The van der Waals surface area contributed by atoms with E-state index in [0.717, 1.165) is 12.0 Å². The number of aldehydes is 1. The van der Waals surface area contributed by atoms with Crippen molar-refractivity contribution in [1.82, 2.24) is 4.57 Å². The molecule has 0 aliphatic heterocycles. The maximum absolute atomic E-state index is 11.0. The summed E-state index contributed by atoms with van der Waals surface area (Å²) in [6.45, 7) is 3.59. The first-order valence-electron chi connectivity index (χ1n) is 5.44. The molecule has 1 aromatic heterocycles. The lowest BCUT2D eigenvalue weighted by atomic mass is 10.2. The molecule has 0 saturated heterocycles. The van der Waals surface area contributed by atoms with Crippen LogP contribution >= 0.6 is 0 Å². The molecule has 0 amide bonds. The fraction of sp³-hybridized carbons (Fsp3) is 0.154. The molecule has 18 heavy (non-hydrogen) atoms. The number of nitro benzene ring substituents is 1. The van der Waals surface area contributed by atoms with Crippen molar-refractivity contribution in [3.8, 4) is 5.69 Å². The van der Waals surface area contributed by atoms with Gasteiger partial charge in [0.15, 0.2) is 6.29 Å². The third-order valence-electron chi connectivity index (χ3n) is 2.92. The highest BCUT2D eigenvalue weighted by Gasteiger charge is 2.18. The van der Waals surface area contributed by atoms with Gasteiger partial charge in [0.05, 0.1) is 4.92 Å². The van der Waals surface area contributed by atoms with E-state index < -0.39 is 4.92 Å². The lowest BCUT2D eigenvalue weighted by Crippen LogP contribution is -2.03. The summed E-state index contributed by atoms with van der Waals surface area (Å²) < 4.78 is 1.72. The molecule has 0 N–H and O–H groups in total. The second kappa shape index (κ2) is 4.44. The molecule has 1 heterocycles. The van der Waals surface area contributed by atoms with Gasteiger partial charge in [-0.25, -0.2) is 0 Å². The zero-order valence-electron chi connectivity index (χ0n) is 10.1. The van der Waals surface area contributed by atoms with Gasteiger partial charge in [-0.3, -0.25) is 14.9 Å². The molecule has 0 radical (unpaired) electrons. The third-order valence-corrected chi connectivity index (χ3v) is 2.92.